The highest BCUT2D eigenvalue weighted by atomic mass is 16.5. The molecule has 3 nitrogen and oxygen atoms in total. The van der Waals surface area contributed by atoms with Crippen molar-refractivity contribution in [2.75, 3.05) is 19.8 Å². The molecule has 0 aromatic heterocycles. The molecule has 0 rings (SSSR count). The molecule has 0 aliphatic carbocycles. The first-order valence-electron chi connectivity index (χ1n) is 4.98. The fourth-order valence-electron chi connectivity index (χ4n) is 1.02. The highest BCUT2D eigenvalue weighted by Gasteiger charge is 1.93. The van der Waals surface area contributed by atoms with E-state index in [1.807, 2.05) is 6.92 Å². The van der Waals surface area contributed by atoms with Gasteiger partial charge in [0.15, 0.2) is 0 Å². The van der Waals surface area contributed by atoms with Crippen LogP contribution in [-0.2, 0) is 14.3 Å². The molecule has 0 saturated heterocycles. The molecule has 0 atom stereocenters. The molecule has 0 spiro atoms. The quantitative estimate of drug-likeness (QED) is 0.432. The van der Waals surface area contributed by atoms with Crippen LogP contribution in [0.4, 0.5) is 0 Å². The summed E-state index contributed by atoms with van der Waals surface area (Å²) in [6.45, 7) is 5.65. The lowest BCUT2D eigenvalue weighted by Gasteiger charge is -2.02. The maximum Gasteiger partial charge on any atom is 0.302 e. The maximum atomic E-state index is 10.4. The van der Waals surface area contributed by atoms with Crippen molar-refractivity contribution in [1.82, 2.24) is 0 Å². The zero-order chi connectivity index (χ0) is 9.94. The average Bonchev–Trinajstić information content (AvgIpc) is 2.09. The predicted octanol–water partition coefficient (Wildman–Crippen LogP) is 2.15. The van der Waals surface area contributed by atoms with Crippen LogP contribution in [0, 0.1) is 0 Å². The first kappa shape index (κ1) is 12.4. The highest BCUT2D eigenvalue weighted by Crippen LogP contribution is 2.00. The summed E-state index contributed by atoms with van der Waals surface area (Å²) >= 11 is 0. The predicted molar refractivity (Wildman–Crippen MR) is 51.6 cm³/mol. The SMILES string of the molecule is CCOCCCCCCOC(C)=O. The minimum Gasteiger partial charge on any atom is -0.466 e. The minimum atomic E-state index is -0.186. The van der Waals surface area contributed by atoms with Crippen molar-refractivity contribution in [1.29, 1.82) is 0 Å². The molecule has 0 bridgehead atoms. The van der Waals surface area contributed by atoms with Gasteiger partial charge in [-0.2, -0.15) is 0 Å². The van der Waals surface area contributed by atoms with Crippen molar-refractivity contribution in [2.24, 2.45) is 0 Å². The van der Waals surface area contributed by atoms with Gasteiger partial charge in [0.2, 0.25) is 0 Å². The highest BCUT2D eigenvalue weighted by molar-refractivity contribution is 5.65. The largest absolute Gasteiger partial charge is 0.466 e. The van der Waals surface area contributed by atoms with Gasteiger partial charge >= 0.3 is 5.97 Å². The van der Waals surface area contributed by atoms with Gasteiger partial charge in [0.1, 0.15) is 0 Å². The van der Waals surface area contributed by atoms with Crippen molar-refractivity contribution in [3.05, 3.63) is 0 Å². The summed E-state index contributed by atoms with van der Waals surface area (Å²) in [4.78, 5) is 10.4. The van der Waals surface area contributed by atoms with Crippen LogP contribution < -0.4 is 0 Å². The van der Waals surface area contributed by atoms with Crippen LogP contribution in [0.1, 0.15) is 39.5 Å². The van der Waals surface area contributed by atoms with Gasteiger partial charge in [-0.25, -0.2) is 0 Å². The molecule has 0 fully saturated rings. The smallest absolute Gasteiger partial charge is 0.302 e. The molecule has 0 aliphatic heterocycles. The lowest BCUT2D eigenvalue weighted by Crippen LogP contribution is -2.00. The van der Waals surface area contributed by atoms with E-state index in [9.17, 15) is 4.79 Å². The van der Waals surface area contributed by atoms with Crippen molar-refractivity contribution in [3.8, 4) is 0 Å². The zero-order valence-electron chi connectivity index (χ0n) is 8.67. The monoisotopic (exact) mass is 188 g/mol. The summed E-state index contributed by atoms with van der Waals surface area (Å²) in [5.74, 6) is -0.186. The molecule has 0 aromatic carbocycles. The molecule has 0 saturated carbocycles. The Morgan fingerprint density at radius 3 is 2.23 bits per heavy atom. The molecule has 78 valence electrons. The molecule has 0 aromatic rings. The van der Waals surface area contributed by atoms with Gasteiger partial charge in [-0.05, 0) is 26.2 Å². The number of hydrogen-bond acceptors (Lipinski definition) is 3. The first-order valence-corrected chi connectivity index (χ1v) is 4.98. The Morgan fingerprint density at radius 1 is 1.08 bits per heavy atom. The topological polar surface area (TPSA) is 35.5 Å². The fraction of sp³-hybridized carbons (Fsp3) is 0.900. The molecule has 0 amide bonds. The second-order valence-corrected chi connectivity index (χ2v) is 2.95. The summed E-state index contributed by atoms with van der Waals surface area (Å²) in [7, 11) is 0. The van der Waals surface area contributed by atoms with Crippen LogP contribution in [0.15, 0.2) is 0 Å². The number of ether oxygens (including phenoxy) is 2. The summed E-state index contributed by atoms with van der Waals surface area (Å²) in [6.07, 6.45) is 4.33. The van der Waals surface area contributed by atoms with Gasteiger partial charge in [0.25, 0.3) is 0 Å². The Labute approximate surface area is 80.4 Å². The lowest BCUT2D eigenvalue weighted by molar-refractivity contribution is -0.141. The molecular weight excluding hydrogens is 168 g/mol. The van der Waals surface area contributed by atoms with Crippen LogP contribution in [0.3, 0.4) is 0 Å². The van der Waals surface area contributed by atoms with E-state index < -0.39 is 0 Å². The summed E-state index contributed by atoms with van der Waals surface area (Å²) < 4.78 is 9.99. The number of rotatable bonds is 8. The number of carbonyl (C=O) groups excluding carboxylic acids is 1. The standard InChI is InChI=1S/C10H20O3/c1-3-12-8-6-4-5-7-9-13-10(2)11/h3-9H2,1-2H3. The van der Waals surface area contributed by atoms with E-state index in [1.165, 1.54) is 6.92 Å². The minimum absolute atomic E-state index is 0.186. The molecule has 13 heavy (non-hydrogen) atoms. The third kappa shape index (κ3) is 11.4. The molecule has 0 N–H and O–H groups in total. The van der Waals surface area contributed by atoms with E-state index in [0.717, 1.165) is 38.9 Å². The average molecular weight is 188 g/mol. The van der Waals surface area contributed by atoms with E-state index in [0.29, 0.717) is 6.61 Å². The second-order valence-electron chi connectivity index (χ2n) is 2.95. The van der Waals surface area contributed by atoms with Gasteiger partial charge < -0.3 is 9.47 Å². The van der Waals surface area contributed by atoms with Gasteiger partial charge in [-0.1, -0.05) is 6.42 Å². The Balaban J connectivity index is 2.87. The summed E-state index contributed by atoms with van der Waals surface area (Å²) in [6, 6.07) is 0. The normalized spacial score (nSPS) is 10.0. The second kappa shape index (κ2) is 9.52. The maximum absolute atomic E-state index is 10.4. The van der Waals surface area contributed by atoms with Gasteiger partial charge in [-0.3, -0.25) is 4.79 Å². The Morgan fingerprint density at radius 2 is 1.69 bits per heavy atom. The van der Waals surface area contributed by atoms with Crippen LogP contribution in [0.5, 0.6) is 0 Å². The third-order valence-corrected chi connectivity index (χ3v) is 1.69. The Hall–Kier alpha value is -0.570. The molecule has 3 heteroatoms. The number of hydrogen-bond donors (Lipinski definition) is 0. The molecule has 0 aliphatic rings. The molecule has 0 radical (unpaired) electrons. The first-order chi connectivity index (χ1) is 6.27. The van der Waals surface area contributed by atoms with Crippen LogP contribution in [0.25, 0.3) is 0 Å². The fourth-order valence-corrected chi connectivity index (χ4v) is 1.02. The van der Waals surface area contributed by atoms with E-state index in [4.69, 9.17) is 9.47 Å². The summed E-state index contributed by atoms with van der Waals surface area (Å²) in [5, 5.41) is 0. The van der Waals surface area contributed by atoms with Gasteiger partial charge in [0.05, 0.1) is 6.61 Å². The summed E-state index contributed by atoms with van der Waals surface area (Å²) in [5.41, 5.74) is 0. The molecule has 0 heterocycles. The number of carbonyl (C=O) groups is 1. The zero-order valence-corrected chi connectivity index (χ0v) is 8.67. The lowest BCUT2D eigenvalue weighted by atomic mass is 10.2. The van der Waals surface area contributed by atoms with Crippen LogP contribution in [-0.4, -0.2) is 25.8 Å². The van der Waals surface area contributed by atoms with E-state index >= 15 is 0 Å². The Kier molecular flexibility index (Phi) is 9.10. The van der Waals surface area contributed by atoms with E-state index in [-0.39, 0.29) is 5.97 Å². The van der Waals surface area contributed by atoms with Crippen molar-refractivity contribution >= 4 is 5.97 Å². The molecular formula is C10H20O3. The van der Waals surface area contributed by atoms with E-state index in [1.54, 1.807) is 0 Å². The number of unbranched alkanes of at least 4 members (excludes halogenated alkanes) is 3. The van der Waals surface area contributed by atoms with E-state index in [2.05, 4.69) is 0 Å². The van der Waals surface area contributed by atoms with Crippen molar-refractivity contribution < 1.29 is 14.3 Å². The van der Waals surface area contributed by atoms with Gasteiger partial charge in [0, 0.05) is 20.1 Å². The molecule has 0 unspecified atom stereocenters. The van der Waals surface area contributed by atoms with Crippen LogP contribution >= 0.6 is 0 Å². The van der Waals surface area contributed by atoms with Crippen molar-refractivity contribution in [2.45, 2.75) is 39.5 Å². The van der Waals surface area contributed by atoms with Crippen molar-refractivity contribution in [3.63, 3.8) is 0 Å². The Bertz CT molecular complexity index is 123. The number of esters is 1. The third-order valence-electron chi connectivity index (χ3n) is 1.69. The van der Waals surface area contributed by atoms with Crippen LogP contribution in [0.2, 0.25) is 0 Å². The van der Waals surface area contributed by atoms with Gasteiger partial charge in [-0.15, -0.1) is 0 Å².